The first-order valence-electron chi connectivity index (χ1n) is 4.56. The number of rotatable bonds is 3. The highest BCUT2D eigenvalue weighted by Gasteiger charge is 2.04. The molecule has 1 N–H and O–H groups in total. The van der Waals surface area contributed by atoms with Crippen LogP contribution in [0.5, 0.6) is 0 Å². The van der Waals surface area contributed by atoms with Crippen molar-refractivity contribution in [1.82, 2.24) is 5.32 Å². The molecule has 0 saturated carbocycles. The molecule has 1 rings (SSSR count). The molecule has 0 bridgehead atoms. The van der Waals surface area contributed by atoms with Gasteiger partial charge in [-0.05, 0) is 50.6 Å². The normalized spacial score (nSPS) is 10.5. The second kappa shape index (κ2) is 4.64. The standard InChI is InChI=1S/C11H16ClN/c1-8-4-5-10(6-7-13-3)9(2)11(8)12/h4-5,13H,6-7H2,1-3H3. The lowest BCUT2D eigenvalue weighted by Gasteiger charge is -2.09. The summed E-state index contributed by atoms with van der Waals surface area (Å²) < 4.78 is 0. The van der Waals surface area contributed by atoms with Gasteiger partial charge in [0.2, 0.25) is 0 Å². The van der Waals surface area contributed by atoms with Crippen LogP contribution in [0.25, 0.3) is 0 Å². The molecule has 0 heterocycles. The number of halogens is 1. The summed E-state index contributed by atoms with van der Waals surface area (Å²) in [6.45, 7) is 5.12. The highest BCUT2D eigenvalue weighted by atomic mass is 35.5. The molecule has 0 unspecified atom stereocenters. The maximum Gasteiger partial charge on any atom is 0.0467 e. The topological polar surface area (TPSA) is 12.0 Å². The fourth-order valence-electron chi connectivity index (χ4n) is 1.39. The average Bonchev–Trinajstić information content (AvgIpc) is 2.13. The predicted molar refractivity (Wildman–Crippen MR) is 58.6 cm³/mol. The van der Waals surface area contributed by atoms with Gasteiger partial charge in [-0.3, -0.25) is 0 Å². The van der Waals surface area contributed by atoms with Crippen molar-refractivity contribution in [3.8, 4) is 0 Å². The van der Waals surface area contributed by atoms with E-state index in [1.165, 1.54) is 11.1 Å². The molecule has 0 aromatic heterocycles. The summed E-state index contributed by atoms with van der Waals surface area (Å²) in [5.74, 6) is 0. The average molecular weight is 198 g/mol. The molecule has 0 radical (unpaired) electrons. The zero-order valence-electron chi connectivity index (χ0n) is 8.45. The Morgan fingerprint density at radius 3 is 2.62 bits per heavy atom. The van der Waals surface area contributed by atoms with Gasteiger partial charge in [0, 0.05) is 5.02 Å². The van der Waals surface area contributed by atoms with Crippen molar-refractivity contribution in [3.63, 3.8) is 0 Å². The molecule has 0 atom stereocenters. The highest BCUT2D eigenvalue weighted by Crippen LogP contribution is 2.23. The number of hydrogen-bond acceptors (Lipinski definition) is 1. The number of benzene rings is 1. The first-order chi connectivity index (χ1) is 6.16. The van der Waals surface area contributed by atoms with Gasteiger partial charge in [-0.2, -0.15) is 0 Å². The predicted octanol–water partition coefficient (Wildman–Crippen LogP) is 2.72. The molecular formula is C11H16ClN. The summed E-state index contributed by atoms with van der Waals surface area (Å²) in [6.07, 6.45) is 1.04. The Kier molecular flexibility index (Phi) is 3.76. The van der Waals surface area contributed by atoms with Crippen LogP contribution in [0.2, 0.25) is 5.02 Å². The van der Waals surface area contributed by atoms with Gasteiger partial charge in [0.25, 0.3) is 0 Å². The van der Waals surface area contributed by atoms with Crippen LogP contribution in [-0.2, 0) is 6.42 Å². The van der Waals surface area contributed by atoms with E-state index in [9.17, 15) is 0 Å². The van der Waals surface area contributed by atoms with Gasteiger partial charge < -0.3 is 5.32 Å². The minimum atomic E-state index is 0.911. The minimum Gasteiger partial charge on any atom is -0.319 e. The van der Waals surface area contributed by atoms with E-state index >= 15 is 0 Å². The largest absolute Gasteiger partial charge is 0.319 e. The second-order valence-corrected chi connectivity index (χ2v) is 3.71. The molecule has 1 aromatic rings. The number of likely N-dealkylation sites (N-methyl/N-ethyl adjacent to an activating group) is 1. The van der Waals surface area contributed by atoms with Crippen molar-refractivity contribution in [2.75, 3.05) is 13.6 Å². The molecule has 2 heteroatoms. The SMILES string of the molecule is CNCCc1ccc(C)c(Cl)c1C. The van der Waals surface area contributed by atoms with Crippen molar-refractivity contribution in [2.45, 2.75) is 20.3 Å². The van der Waals surface area contributed by atoms with Crippen molar-refractivity contribution >= 4 is 11.6 Å². The van der Waals surface area contributed by atoms with Crippen molar-refractivity contribution in [3.05, 3.63) is 33.8 Å². The van der Waals surface area contributed by atoms with Gasteiger partial charge in [-0.15, -0.1) is 0 Å². The summed E-state index contributed by atoms with van der Waals surface area (Å²) in [7, 11) is 1.96. The zero-order valence-corrected chi connectivity index (χ0v) is 9.20. The second-order valence-electron chi connectivity index (χ2n) is 3.33. The highest BCUT2D eigenvalue weighted by molar-refractivity contribution is 6.32. The molecule has 0 fully saturated rings. The van der Waals surface area contributed by atoms with Crippen LogP contribution in [0, 0.1) is 13.8 Å². The fourth-order valence-corrected chi connectivity index (χ4v) is 1.58. The van der Waals surface area contributed by atoms with Crippen LogP contribution >= 0.6 is 11.6 Å². The smallest absolute Gasteiger partial charge is 0.0467 e. The Bertz CT molecular complexity index is 294. The lowest BCUT2D eigenvalue weighted by Crippen LogP contribution is -2.11. The van der Waals surface area contributed by atoms with Crippen LogP contribution in [0.1, 0.15) is 16.7 Å². The van der Waals surface area contributed by atoms with E-state index < -0.39 is 0 Å². The van der Waals surface area contributed by atoms with Crippen molar-refractivity contribution in [1.29, 1.82) is 0 Å². The van der Waals surface area contributed by atoms with Gasteiger partial charge in [-0.25, -0.2) is 0 Å². The molecule has 13 heavy (non-hydrogen) atoms. The van der Waals surface area contributed by atoms with Crippen LogP contribution in [-0.4, -0.2) is 13.6 Å². The maximum absolute atomic E-state index is 6.14. The Balaban J connectivity index is 2.90. The summed E-state index contributed by atoms with van der Waals surface area (Å²) in [6, 6.07) is 4.24. The van der Waals surface area contributed by atoms with Crippen LogP contribution < -0.4 is 5.32 Å². The van der Waals surface area contributed by atoms with Crippen LogP contribution in [0.4, 0.5) is 0 Å². The Morgan fingerprint density at radius 1 is 1.31 bits per heavy atom. The monoisotopic (exact) mass is 197 g/mol. The van der Waals surface area contributed by atoms with Gasteiger partial charge in [0.15, 0.2) is 0 Å². The lowest BCUT2D eigenvalue weighted by molar-refractivity contribution is 0.788. The Morgan fingerprint density at radius 2 is 2.00 bits per heavy atom. The summed E-state index contributed by atoms with van der Waals surface area (Å²) in [5.41, 5.74) is 3.72. The van der Waals surface area contributed by atoms with Gasteiger partial charge in [0.05, 0.1) is 0 Å². The third-order valence-electron chi connectivity index (χ3n) is 2.34. The van der Waals surface area contributed by atoms with E-state index in [-0.39, 0.29) is 0 Å². The Labute approximate surface area is 85.1 Å². The van der Waals surface area contributed by atoms with Gasteiger partial charge in [-0.1, -0.05) is 23.7 Å². The number of aryl methyl sites for hydroxylation is 1. The van der Waals surface area contributed by atoms with Crippen molar-refractivity contribution < 1.29 is 0 Å². The number of hydrogen-bond donors (Lipinski definition) is 1. The first-order valence-corrected chi connectivity index (χ1v) is 4.93. The molecule has 0 saturated heterocycles. The number of nitrogens with one attached hydrogen (secondary N) is 1. The van der Waals surface area contributed by atoms with E-state index in [2.05, 4.69) is 24.4 Å². The summed E-state index contributed by atoms with van der Waals surface area (Å²) in [4.78, 5) is 0. The third-order valence-corrected chi connectivity index (χ3v) is 2.92. The van der Waals surface area contributed by atoms with E-state index in [1.54, 1.807) is 0 Å². The van der Waals surface area contributed by atoms with Gasteiger partial charge >= 0.3 is 0 Å². The molecule has 0 aliphatic heterocycles. The third kappa shape index (κ3) is 2.45. The Hall–Kier alpha value is -0.530. The summed E-state index contributed by atoms with van der Waals surface area (Å²) in [5, 5.41) is 4.05. The molecule has 0 aliphatic rings. The van der Waals surface area contributed by atoms with E-state index in [0.717, 1.165) is 23.6 Å². The maximum atomic E-state index is 6.14. The van der Waals surface area contributed by atoms with Gasteiger partial charge in [0.1, 0.15) is 0 Å². The fraction of sp³-hybridized carbons (Fsp3) is 0.455. The quantitative estimate of drug-likeness (QED) is 0.786. The molecule has 72 valence electrons. The van der Waals surface area contributed by atoms with E-state index in [1.807, 2.05) is 14.0 Å². The molecule has 1 nitrogen and oxygen atoms in total. The zero-order chi connectivity index (χ0) is 9.84. The van der Waals surface area contributed by atoms with Crippen LogP contribution in [0.15, 0.2) is 12.1 Å². The van der Waals surface area contributed by atoms with Crippen molar-refractivity contribution in [2.24, 2.45) is 0 Å². The molecular weight excluding hydrogens is 182 g/mol. The van der Waals surface area contributed by atoms with Crippen LogP contribution in [0.3, 0.4) is 0 Å². The molecule has 1 aromatic carbocycles. The molecule has 0 amide bonds. The van der Waals surface area contributed by atoms with E-state index in [4.69, 9.17) is 11.6 Å². The molecule has 0 spiro atoms. The molecule has 0 aliphatic carbocycles. The minimum absolute atomic E-state index is 0.911. The first kappa shape index (κ1) is 10.6. The summed E-state index contributed by atoms with van der Waals surface area (Å²) >= 11 is 6.14. The lowest BCUT2D eigenvalue weighted by atomic mass is 10.0. The van der Waals surface area contributed by atoms with E-state index in [0.29, 0.717) is 0 Å².